The van der Waals surface area contributed by atoms with E-state index in [2.05, 4.69) is 5.32 Å². The third-order valence-corrected chi connectivity index (χ3v) is 4.88. The Bertz CT molecular complexity index is 945. The summed E-state index contributed by atoms with van der Waals surface area (Å²) in [6.07, 6.45) is 0. The van der Waals surface area contributed by atoms with Crippen LogP contribution in [0.3, 0.4) is 0 Å². The molecule has 2 aromatic rings. The monoisotopic (exact) mass is 414 g/mol. The Hall–Kier alpha value is -3.26. The highest BCUT2D eigenvalue weighted by Gasteiger charge is 2.45. The minimum atomic E-state index is -1.23. The van der Waals surface area contributed by atoms with E-state index < -0.39 is 35.9 Å². The topological polar surface area (TPSA) is 95.9 Å². The van der Waals surface area contributed by atoms with Gasteiger partial charge in [0, 0.05) is 0 Å². The molecule has 1 aliphatic heterocycles. The first kappa shape index (κ1) is 21.4. The molecule has 0 aromatic heterocycles. The molecule has 0 spiro atoms. The van der Waals surface area contributed by atoms with Crippen molar-refractivity contribution in [2.24, 2.45) is 5.92 Å². The van der Waals surface area contributed by atoms with Gasteiger partial charge >= 0.3 is 12.0 Å². The van der Waals surface area contributed by atoms with Crippen molar-refractivity contribution in [3.63, 3.8) is 0 Å². The number of carbonyl (C=O) groups is 3. The number of rotatable bonds is 8. The van der Waals surface area contributed by atoms with Crippen LogP contribution in [-0.4, -0.2) is 46.6 Å². The van der Waals surface area contributed by atoms with Crippen molar-refractivity contribution in [3.8, 4) is 11.1 Å². The smallest absolute Gasteiger partial charge is 0.327 e. The number of aliphatic carboxylic acids is 1. The molecule has 2 aromatic carbocycles. The second-order valence-corrected chi connectivity index (χ2v) is 7.46. The number of imide groups is 1. The minimum absolute atomic E-state index is 0.0723. The SMILES string of the molecule is CC(C)[C@H](C(=O)O)N1C(=O)NC(COCc2ccc(-c3cccc(F)c3)cc2)C1=O. The van der Waals surface area contributed by atoms with E-state index in [0.717, 1.165) is 21.6 Å². The fourth-order valence-corrected chi connectivity index (χ4v) is 3.37. The third kappa shape index (κ3) is 4.65. The van der Waals surface area contributed by atoms with Crippen LogP contribution in [0.15, 0.2) is 48.5 Å². The summed E-state index contributed by atoms with van der Waals surface area (Å²) in [4.78, 5) is 36.8. The highest BCUT2D eigenvalue weighted by atomic mass is 19.1. The normalized spacial score (nSPS) is 17.3. The summed E-state index contributed by atoms with van der Waals surface area (Å²) in [5.74, 6) is -2.57. The highest BCUT2D eigenvalue weighted by Crippen LogP contribution is 2.21. The number of carboxylic acids is 1. The van der Waals surface area contributed by atoms with Gasteiger partial charge in [-0.25, -0.2) is 18.9 Å². The van der Waals surface area contributed by atoms with Crippen LogP contribution in [0, 0.1) is 11.7 Å². The highest BCUT2D eigenvalue weighted by molar-refractivity contribution is 6.07. The minimum Gasteiger partial charge on any atom is -0.480 e. The molecule has 1 fully saturated rings. The Morgan fingerprint density at radius 3 is 2.47 bits per heavy atom. The Labute approximate surface area is 173 Å². The average Bonchev–Trinajstić information content (AvgIpc) is 2.96. The number of amides is 3. The summed E-state index contributed by atoms with van der Waals surface area (Å²) in [5, 5.41) is 11.8. The van der Waals surface area contributed by atoms with E-state index >= 15 is 0 Å². The van der Waals surface area contributed by atoms with Crippen LogP contribution in [0.1, 0.15) is 19.4 Å². The lowest BCUT2D eigenvalue weighted by Crippen LogP contribution is -2.48. The number of carboxylic acid groups (broad SMARTS) is 1. The second-order valence-electron chi connectivity index (χ2n) is 7.46. The number of hydrogen-bond acceptors (Lipinski definition) is 4. The molecule has 2 atom stereocenters. The van der Waals surface area contributed by atoms with Crippen molar-refractivity contribution in [2.75, 3.05) is 6.61 Å². The van der Waals surface area contributed by atoms with Gasteiger partial charge in [-0.15, -0.1) is 0 Å². The van der Waals surface area contributed by atoms with E-state index in [4.69, 9.17) is 4.74 Å². The summed E-state index contributed by atoms with van der Waals surface area (Å²) in [6, 6.07) is 10.8. The molecule has 30 heavy (non-hydrogen) atoms. The Morgan fingerprint density at radius 2 is 1.87 bits per heavy atom. The average molecular weight is 414 g/mol. The summed E-state index contributed by atoms with van der Waals surface area (Å²) in [6.45, 7) is 3.40. The van der Waals surface area contributed by atoms with E-state index in [1.165, 1.54) is 12.1 Å². The first-order chi connectivity index (χ1) is 14.3. The van der Waals surface area contributed by atoms with Crippen molar-refractivity contribution in [2.45, 2.75) is 32.5 Å². The quantitative estimate of drug-likeness (QED) is 0.648. The van der Waals surface area contributed by atoms with Crippen molar-refractivity contribution < 1.29 is 28.6 Å². The lowest BCUT2D eigenvalue weighted by atomic mass is 10.0. The molecule has 0 bridgehead atoms. The van der Waals surface area contributed by atoms with Crippen LogP contribution in [0.5, 0.6) is 0 Å². The molecule has 8 heteroatoms. The largest absolute Gasteiger partial charge is 0.480 e. The summed E-state index contributed by atoms with van der Waals surface area (Å²) < 4.78 is 18.9. The van der Waals surface area contributed by atoms with Crippen LogP contribution < -0.4 is 5.32 Å². The Kier molecular flexibility index (Phi) is 6.47. The van der Waals surface area contributed by atoms with E-state index in [1.807, 2.05) is 30.3 Å². The van der Waals surface area contributed by atoms with E-state index in [1.54, 1.807) is 19.9 Å². The predicted octanol–water partition coefficient (Wildman–Crippen LogP) is 3.04. The molecule has 3 rings (SSSR count). The molecule has 3 amide bonds. The fraction of sp³-hybridized carbons (Fsp3) is 0.318. The Morgan fingerprint density at radius 1 is 1.17 bits per heavy atom. The van der Waals surface area contributed by atoms with Gasteiger partial charge in [0.1, 0.15) is 17.9 Å². The van der Waals surface area contributed by atoms with Gasteiger partial charge in [-0.2, -0.15) is 0 Å². The van der Waals surface area contributed by atoms with Gasteiger partial charge in [0.2, 0.25) is 0 Å². The van der Waals surface area contributed by atoms with Crippen LogP contribution in [0.4, 0.5) is 9.18 Å². The lowest BCUT2D eigenvalue weighted by Gasteiger charge is -2.24. The second kappa shape index (κ2) is 9.04. The fourth-order valence-electron chi connectivity index (χ4n) is 3.37. The molecule has 2 N–H and O–H groups in total. The van der Waals surface area contributed by atoms with Crippen molar-refractivity contribution in [1.82, 2.24) is 10.2 Å². The number of nitrogens with one attached hydrogen (secondary N) is 1. The van der Waals surface area contributed by atoms with Gasteiger partial charge in [-0.1, -0.05) is 50.2 Å². The molecule has 1 aliphatic rings. The zero-order valence-electron chi connectivity index (χ0n) is 16.7. The third-order valence-electron chi connectivity index (χ3n) is 4.88. The molecular formula is C22H23FN2O5. The number of urea groups is 1. The molecule has 158 valence electrons. The first-order valence-corrected chi connectivity index (χ1v) is 9.57. The van der Waals surface area contributed by atoms with Gasteiger partial charge in [-0.05, 0) is 34.7 Å². The molecular weight excluding hydrogens is 391 g/mol. The number of halogens is 1. The predicted molar refractivity (Wildman–Crippen MR) is 107 cm³/mol. The van der Waals surface area contributed by atoms with Crippen LogP contribution in [0.25, 0.3) is 11.1 Å². The molecule has 0 radical (unpaired) electrons. The molecule has 0 aliphatic carbocycles. The zero-order valence-corrected chi connectivity index (χ0v) is 16.7. The first-order valence-electron chi connectivity index (χ1n) is 9.57. The van der Waals surface area contributed by atoms with Crippen molar-refractivity contribution in [1.29, 1.82) is 0 Å². The summed E-state index contributed by atoms with van der Waals surface area (Å²) in [7, 11) is 0. The van der Waals surface area contributed by atoms with E-state index in [9.17, 15) is 23.9 Å². The molecule has 1 heterocycles. The number of hydrogen-bond donors (Lipinski definition) is 2. The maximum Gasteiger partial charge on any atom is 0.327 e. The molecule has 1 saturated heterocycles. The van der Waals surface area contributed by atoms with Crippen LogP contribution >= 0.6 is 0 Å². The van der Waals surface area contributed by atoms with Gasteiger partial charge in [-0.3, -0.25) is 4.79 Å². The van der Waals surface area contributed by atoms with E-state index in [-0.39, 0.29) is 19.0 Å². The zero-order chi connectivity index (χ0) is 21.8. The molecule has 0 saturated carbocycles. The molecule has 7 nitrogen and oxygen atoms in total. The summed E-state index contributed by atoms with van der Waals surface area (Å²) >= 11 is 0. The van der Waals surface area contributed by atoms with Crippen molar-refractivity contribution >= 4 is 17.9 Å². The maximum absolute atomic E-state index is 13.4. The molecule has 1 unspecified atom stereocenters. The lowest BCUT2D eigenvalue weighted by molar-refractivity contribution is -0.148. The van der Waals surface area contributed by atoms with Crippen molar-refractivity contribution in [3.05, 3.63) is 59.9 Å². The number of ether oxygens (including phenoxy) is 1. The number of carbonyl (C=O) groups excluding carboxylic acids is 2. The van der Waals surface area contributed by atoms with Crippen LogP contribution in [0.2, 0.25) is 0 Å². The Balaban J connectivity index is 1.57. The number of benzene rings is 2. The number of nitrogens with zero attached hydrogens (tertiary/aromatic N) is 1. The summed E-state index contributed by atoms with van der Waals surface area (Å²) in [5.41, 5.74) is 2.47. The van der Waals surface area contributed by atoms with Gasteiger partial charge < -0.3 is 15.2 Å². The van der Waals surface area contributed by atoms with Gasteiger partial charge in [0.25, 0.3) is 5.91 Å². The standard InChI is InChI=1S/C22H23FN2O5/c1-13(2)19(21(27)28)25-20(26)18(24-22(25)29)12-30-11-14-6-8-15(9-7-14)16-4-3-5-17(23)10-16/h3-10,13,18-19H,11-12H2,1-2H3,(H,24,29)(H,27,28)/t18?,19-/m1/s1. The van der Waals surface area contributed by atoms with E-state index in [0.29, 0.717) is 0 Å². The maximum atomic E-state index is 13.4. The van der Waals surface area contributed by atoms with Gasteiger partial charge in [0.05, 0.1) is 13.2 Å². The van der Waals surface area contributed by atoms with Crippen LogP contribution in [-0.2, 0) is 20.9 Å². The van der Waals surface area contributed by atoms with Gasteiger partial charge in [0.15, 0.2) is 0 Å².